The molecule has 1 aromatic carbocycles. The second kappa shape index (κ2) is 8.58. The fourth-order valence-electron chi connectivity index (χ4n) is 3.79. The highest BCUT2D eigenvalue weighted by Gasteiger charge is 2.32. The van der Waals surface area contributed by atoms with Crippen LogP contribution >= 0.6 is 0 Å². The number of piperazine rings is 1. The summed E-state index contributed by atoms with van der Waals surface area (Å²) in [5.74, 6) is -1.13. The highest BCUT2D eigenvalue weighted by atomic mass is 19.4. The molecule has 0 saturated carbocycles. The Morgan fingerprint density at radius 2 is 1.63 bits per heavy atom. The summed E-state index contributed by atoms with van der Waals surface area (Å²) in [6.45, 7) is 5.80. The molecule has 0 atom stereocenters. The fraction of sp³-hybridized carbons (Fsp3) is 0.632. The van der Waals surface area contributed by atoms with E-state index in [1.165, 1.54) is 6.07 Å². The standard InChI is InChI=1S/C19H26F3N3O2/c20-19(21,22)17-2-1-15(12-25-9-5-23-6-10-25)16(11-17)13-24-7-3-14(4-8-24)18(26)27/h1-2,11,14,23H,3-10,12-13H2,(H,26,27). The van der Waals surface area contributed by atoms with Crippen molar-refractivity contribution in [3.63, 3.8) is 0 Å². The lowest BCUT2D eigenvalue weighted by molar-refractivity contribution is -0.143. The van der Waals surface area contributed by atoms with Crippen LogP contribution in [0.25, 0.3) is 0 Å². The van der Waals surface area contributed by atoms with Gasteiger partial charge in [-0.3, -0.25) is 14.6 Å². The third kappa shape index (κ3) is 5.43. The molecule has 0 bridgehead atoms. The number of nitrogens with zero attached hydrogens (tertiary/aromatic N) is 2. The van der Waals surface area contributed by atoms with Gasteiger partial charge in [0.05, 0.1) is 11.5 Å². The number of hydrogen-bond donors (Lipinski definition) is 2. The highest BCUT2D eigenvalue weighted by Crippen LogP contribution is 2.32. The molecule has 0 spiro atoms. The molecule has 0 radical (unpaired) electrons. The maximum atomic E-state index is 13.2. The van der Waals surface area contributed by atoms with Crippen molar-refractivity contribution >= 4 is 5.97 Å². The Balaban J connectivity index is 1.74. The smallest absolute Gasteiger partial charge is 0.416 e. The first-order chi connectivity index (χ1) is 12.8. The number of aliphatic carboxylic acids is 1. The van der Waals surface area contributed by atoms with Crippen molar-refractivity contribution in [3.05, 3.63) is 34.9 Å². The van der Waals surface area contributed by atoms with Crippen molar-refractivity contribution in [1.29, 1.82) is 0 Å². The second-order valence-electron chi connectivity index (χ2n) is 7.40. The van der Waals surface area contributed by atoms with Crippen molar-refractivity contribution in [2.75, 3.05) is 39.3 Å². The van der Waals surface area contributed by atoms with Crippen LogP contribution in [0.3, 0.4) is 0 Å². The van der Waals surface area contributed by atoms with Crippen molar-refractivity contribution in [2.45, 2.75) is 32.1 Å². The zero-order chi connectivity index (χ0) is 19.4. The van der Waals surface area contributed by atoms with Crippen LogP contribution in [-0.2, 0) is 24.1 Å². The zero-order valence-electron chi connectivity index (χ0n) is 15.3. The van der Waals surface area contributed by atoms with Gasteiger partial charge in [-0.15, -0.1) is 0 Å². The van der Waals surface area contributed by atoms with Crippen LogP contribution in [0.2, 0.25) is 0 Å². The predicted octanol–water partition coefficient (Wildman–Crippen LogP) is 2.41. The van der Waals surface area contributed by atoms with Gasteiger partial charge in [0.1, 0.15) is 0 Å². The molecule has 0 unspecified atom stereocenters. The van der Waals surface area contributed by atoms with Gasteiger partial charge in [0.2, 0.25) is 0 Å². The van der Waals surface area contributed by atoms with Crippen LogP contribution in [0.5, 0.6) is 0 Å². The maximum Gasteiger partial charge on any atom is 0.416 e. The normalized spacial score (nSPS) is 20.7. The highest BCUT2D eigenvalue weighted by molar-refractivity contribution is 5.70. The summed E-state index contributed by atoms with van der Waals surface area (Å²) in [6, 6.07) is 4.03. The number of benzene rings is 1. The molecule has 2 saturated heterocycles. The number of hydrogen-bond acceptors (Lipinski definition) is 4. The van der Waals surface area contributed by atoms with Crippen molar-refractivity contribution < 1.29 is 23.1 Å². The minimum absolute atomic E-state index is 0.344. The van der Waals surface area contributed by atoms with Gasteiger partial charge in [-0.25, -0.2) is 0 Å². The summed E-state index contributed by atoms with van der Waals surface area (Å²) in [7, 11) is 0. The van der Waals surface area contributed by atoms with Gasteiger partial charge in [0.25, 0.3) is 0 Å². The topological polar surface area (TPSA) is 55.8 Å². The number of carboxylic acids is 1. The molecule has 1 aromatic rings. The van der Waals surface area contributed by atoms with E-state index < -0.39 is 17.7 Å². The van der Waals surface area contributed by atoms with Gasteiger partial charge in [-0.1, -0.05) is 6.07 Å². The first-order valence-corrected chi connectivity index (χ1v) is 9.40. The van der Waals surface area contributed by atoms with Crippen LogP contribution in [0.1, 0.15) is 29.5 Å². The molecule has 3 rings (SSSR count). The number of carbonyl (C=O) groups is 1. The SMILES string of the molecule is O=C(O)C1CCN(Cc2cc(C(F)(F)F)ccc2CN2CCNCC2)CC1. The molecule has 2 N–H and O–H groups in total. The zero-order valence-corrected chi connectivity index (χ0v) is 15.3. The van der Waals surface area contributed by atoms with E-state index in [9.17, 15) is 18.0 Å². The summed E-state index contributed by atoms with van der Waals surface area (Å²) in [4.78, 5) is 15.4. The van der Waals surface area contributed by atoms with Gasteiger partial charge in [0.15, 0.2) is 0 Å². The average molecular weight is 385 g/mol. The molecule has 0 aliphatic carbocycles. The minimum atomic E-state index is -4.36. The lowest BCUT2D eigenvalue weighted by Gasteiger charge is -2.32. The number of rotatable bonds is 5. The molecular weight excluding hydrogens is 359 g/mol. The lowest BCUT2D eigenvalue weighted by Crippen LogP contribution is -2.43. The first kappa shape index (κ1) is 20.1. The molecule has 150 valence electrons. The monoisotopic (exact) mass is 385 g/mol. The Morgan fingerprint density at radius 1 is 1.04 bits per heavy atom. The third-order valence-electron chi connectivity index (χ3n) is 5.47. The average Bonchev–Trinajstić information content (AvgIpc) is 2.63. The summed E-state index contributed by atoms with van der Waals surface area (Å²) < 4.78 is 39.5. The molecule has 0 amide bonds. The van der Waals surface area contributed by atoms with Crippen LogP contribution in [-0.4, -0.2) is 60.1 Å². The fourth-order valence-corrected chi connectivity index (χ4v) is 3.79. The molecule has 27 heavy (non-hydrogen) atoms. The third-order valence-corrected chi connectivity index (χ3v) is 5.47. The molecule has 0 aromatic heterocycles. The van der Waals surface area contributed by atoms with Gasteiger partial charge in [-0.05, 0) is 49.2 Å². The Kier molecular flexibility index (Phi) is 6.39. The molecule has 8 heteroatoms. The number of likely N-dealkylation sites (tertiary alicyclic amines) is 1. The van der Waals surface area contributed by atoms with E-state index in [0.717, 1.165) is 37.8 Å². The van der Waals surface area contributed by atoms with Crippen LogP contribution in [0, 0.1) is 5.92 Å². The molecule has 2 aliphatic rings. The number of alkyl halides is 3. The van der Waals surface area contributed by atoms with Gasteiger partial charge >= 0.3 is 12.1 Å². The van der Waals surface area contributed by atoms with Crippen molar-refractivity contribution in [2.24, 2.45) is 5.92 Å². The molecule has 2 heterocycles. The number of carboxylic acid groups (broad SMARTS) is 1. The van der Waals surface area contributed by atoms with Gasteiger partial charge in [0, 0.05) is 39.3 Å². The van der Waals surface area contributed by atoms with E-state index in [1.807, 2.05) is 0 Å². The van der Waals surface area contributed by atoms with Crippen LogP contribution < -0.4 is 5.32 Å². The van der Waals surface area contributed by atoms with E-state index in [-0.39, 0.29) is 5.92 Å². The van der Waals surface area contributed by atoms with E-state index >= 15 is 0 Å². The lowest BCUT2D eigenvalue weighted by atomic mass is 9.95. The molecule has 2 fully saturated rings. The largest absolute Gasteiger partial charge is 0.481 e. The van der Waals surface area contributed by atoms with Crippen molar-refractivity contribution in [3.8, 4) is 0 Å². The summed E-state index contributed by atoms with van der Waals surface area (Å²) >= 11 is 0. The van der Waals surface area contributed by atoms with Gasteiger partial charge < -0.3 is 10.4 Å². The van der Waals surface area contributed by atoms with E-state index in [1.54, 1.807) is 6.07 Å². The van der Waals surface area contributed by atoms with Crippen molar-refractivity contribution in [1.82, 2.24) is 15.1 Å². The Hall–Kier alpha value is -1.64. The van der Waals surface area contributed by atoms with E-state index in [2.05, 4.69) is 15.1 Å². The maximum absolute atomic E-state index is 13.2. The minimum Gasteiger partial charge on any atom is -0.481 e. The van der Waals surface area contributed by atoms with E-state index in [4.69, 9.17) is 5.11 Å². The molecule has 5 nitrogen and oxygen atoms in total. The van der Waals surface area contributed by atoms with Crippen LogP contribution in [0.4, 0.5) is 13.2 Å². The Labute approximate surface area is 157 Å². The summed E-state index contributed by atoms with van der Waals surface area (Å²) in [5.41, 5.74) is 0.990. The van der Waals surface area contributed by atoms with Gasteiger partial charge in [-0.2, -0.15) is 13.2 Å². The first-order valence-electron chi connectivity index (χ1n) is 9.40. The van der Waals surface area contributed by atoms with Crippen LogP contribution in [0.15, 0.2) is 18.2 Å². The quantitative estimate of drug-likeness (QED) is 0.815. The number of nitrogens with one attached hydrogen (secondary N) is 1. The summed E-state index contributed by atoms with van der Waals surface area (Å²) in [6.07, 6.45) is -3.28. The predicted molar refractivity (Wildman–Crippen MR) is 95.2 cm³/mol. The Bertz CT molecular complexity index is 652. The number of piperidine rings is 1. The number of halogens is 3. The molecular formula is C19H26F3N3O2. The second-order valence-corrected chi connectivity index (χ2v) is 7.40. The van der Waals surface area contributed by atoms with E-state index in [0.29, 0.717) is 44.6 Å². The Morgan fingerprint density at radius 3 is 2.22 bits per heavy atom. The summed E-state index contributed by atoms with van der Waals surface area (Å²) in [5, 5.41) is 12.4. The molecule has 2 aliphatic heterocycles.